The van der Waals surface area contributed by atoms with Crippen molar-refractivity contribution in [2.24, 2.45) is 0 Å². The van der Waals surface area contributed by atoms with Gasteiger partial charge in [-0.25, -0.2) is 0 Å². The molecule has 0 spiro atoms. The summed E-state index contributed by atoms with van der Waals surface area (Å²) in [6.07, 6.45) is 0. The number of nitrogens with one attached hydrogen (secondary N) is 1. The zero-order chi connectivity index (χ0) is 13.3. The third kappa shape index (κ3) is 2.99. The molecule has 2 aromatic rings. The van der Waals surface area contributed by atoms with Gasteiger partial charge in [-0.05, 0) is 80.7 Å². The Bertz CT molecular complexity index is 568. The SMILES string of the molecule is CNC(c1ccc(Cl)cc1C)c1cc(Br)sc1Br. The van der Waals surface area contributed by atoms with Gasteiger partial charge in [0.2, 0.25) is 0 Å². The molecule has 1 aromatic carbocycles. The number of thiophene rings is 1. The number of rotatable bonds is 3. The lowest BCUT2D eigenvalue weighted by molar-refractivity contribution is 0.687. The largest absolute Gasteiger partial charge is 0.309 e. The summed E-state index contributed by atoms with van der Waals surface area (Å²) in [6, 6.07) is 8.32. The zero-order valence-electron chi connectivity index (χ0n) is 9.93. The minimum Gasteiger partial charge on any atom is -0.309 e. The van der Waals surface area contributed by atoms with E-state index in [4.69, 9.17) is 11.6 Å². The molecular formula is C13H12Br2ClNS. The molecule has 18 heavy (non-hydrogen) atoms. The summed E-state index contributed by atoms with van der Waals surface area (Å²) in [4.78, 5) is 0. The number of aryl methyl sites for hydroxylation is 1. The summed E-state index contributed by atoms with van der Waals surface area (Å²) in [5, 5.41) is 4.14. The lowest BCUT2D eigenvalue weighted by Crippen LogP contribution is -2.18. The molecular weight excluding hydrogens is 397 g/mol. The Morgan fingerprint density at radius 3 is 2.44 bits per heavy atom. The van der Waals surface area contributed by atoms with Crippen molar-refractivity contribution < 1.29 is 0 Å². The maximum Gasteiger partial charge on any atom is 0.0761 e. The Morgan fingerprint density at radius 2 is 1.94 bits per heavy atom. The number of hydrogen-bond acceptors (Lipinski definition) is 2. The van der Waals surface area contributed by atoms with E-state index in [9.17, 15) is 0 Å². The summed E-state index contributed by atoms with van der Waals surface area (Å²) in [6.45, 7) is 2.08. The molecule has 0 saturated carbocycles. The van der Waals surface area contributed by atoms with Crippen molar-refractivity contribution in [3.63, 3.8) is 0 Å². The standard InChI is InChI=1S/C13H12Br2ClNS/c1-7-5-8(16)3-4-9(7)12(17-2)10-6-11(14)18-13(10)15/h3-6,12,17H,1-2H3. The van der Waals surface area contributed by atoms with Gasteiger partial charge >= 0.3 is 0 Å². The number of halogens is 3. The number of hydrogen-bond donors (Lipinski definition) is 1. The lowest BCUT2D eigenvalue weighted by Gasteiger charge is -2.19. The molecule has 0 aliphatic carbocycles. The van der Waals surface area contributed by atoms with Crippen LogP contribution < -0.4 is 5.32 Å². The van der Waals surface area contributed by atoms with Crippen LogP contribution in [0.3, 0.4) is 0 Å². The van der Waals surface area contributed by atoms with Crippen molar-refractivity contribution in [3.8, 4) is 0 Å². The molecule has 5 heteroatoms. The Morgan fingerprint density at radius 1 is 1.22 bits per heavy atom. The van der Waals surface area contributed by atoms with Gasteiger partial charge in [-0.15, -0.1) is 11.3 Å². The van der Waals surface area contributed by atoms with Crippen LogP contribution >= 0.6 is 54.8 Å². The van der Waals surface area contributed by atoms with Crippen molar-refractivity contribution in [2.75, 3.05) is 7.05 Å². The van der Waals surface area contributed by atoms with E-state index in [1.807, 2.05) is 19.2 Å². The first-order valence-corrected chi connectivity index (χ1v) is 8.19. The van der Waals surface area contributed by atoms with Crippen molar-refractivity contribution in [1.29, 1.82) is 0 Å². The molecule has 1 unspecified atom stereocenters. The number of benzene rings is 1. The van der Waals surface area contributed by atoms with Crippen molar-refractivity contribution >= 4 is 54.8 Å². The molecule has 1 N–H and O–H groups in total. The van der Waals surface area contributed by atoms with Crippen LogP contribution in [0.5, 0.6) is 0 Å². The van der Waals surface area contributed by atoms with Crippen LogP contribution in [0.25, 0.3) is 0 Å². The van der Waals surface area contributed by atoms with Gasteiger partial charge in [0.05, 0.1) is 13.6 Å². The highest BCUT2D eigenvalue weighted by Gasteiger charge is 2.19. The Balaban J connectivity index is 2.48. The molecule has 0 radical (unpaired) electrons. The molecule has 1 heterocycles. The van der Waals surface area contributed by atoms with Gasteiger partial charge in [-0.1, -0.05) is 17.7 Å². The maximum atomic E-state index is 6.01. The van der Waals surface area contributed by atoms with E-state index in [2.05, 4.69) is 56.2 Å². The van der Waals surface area contributed by atoms with E-state index in [1.54, 1.807) is 11.3 Å². The van der Waals surface area contributed by atoms with Gasteiger partial charge in [0.1, 0.15) is 0 Å². The van der Waals surface area contributed by atoms with E-state index in [0.29, 0.717) is 0 Å². The van der Waals surface area contributed by atoms with E-state index in [0.717, 1.165) is 12.6 Å². The van der Waals surface area contributed by atoms with E-state index < -0.39 is 0 Å². The monoisotopic (exact) mass is 407 g/mol. The van der Waals surface area contributed by atoms with Gasteiger partial charge in [-0.3, -0.25) is 0 Å². The van der Waals surface area contributed by atoms with Gasteiger partial charge < -0.3 is 5.32 Å². The van der Waals surface area contributed by atoms with Crippen molar-refractivity contribution in [2.45, 2.75) is 13.0 Å². The summed E-state index contributed by atoms with van der Waals surface area (Å²) < 4.78 is 2.26. The summed E-state index contributed by atoms with van der Waals surface area (Å²) in [7, 11) is 1.97. The average Bonchev–Trinajstić information content (AvgIpc) is 2.62. The van der Waals surface area contributed by atoms with Crippen LogP contribution in [0.1, 0.15) is 22.7 Å². The topological polar surface area (TPSA) is 12.0 Å². The molecule has 1 nitrogen and oxygen atoms in total. The Kier molecular flexibility index (Phi) is 4.89. The summed E-state index contributed by atoms with van der Waals surface area (Å²) in [5.74, 6) is 0. The zero-order valence-corrected chi connectivity index (χ0v) is 14.7. The van der Waals surface area contributed by atoms with E-state index >= 15 is 0 Å². The van der Waals surface area contributed by atoms with Crippen LogP contribution in [0.15, 0.2) is 31.8 Å². The second-order valence-electron chi connectivity index (χ2n) is 4.00. The van der Waals surface area contributed by atoms with Gasteiger partial charge in [0.25, 0.3) is 0 Å². The molecule has 96 valence electrons. The van der Waals surface area contributed by atoms with Gasteiger partial charge in [-0.2, -0.15) is 0 Å². The maximum absolute atomic E-state index is 6.01. The van der Waals surface area contributed by atoms with Gasteiger partial charge in [0, 0.05) is 5.02 Å². The van der Waals surface area contributed by atoms with Crippen LogP contribution in [0.2, 0.25) is 5.02 Å². The fraction of sp³-hybridized carbons (Fsp3) is 0.231. The van der Waals surface area contributed by atoms with Crippen molar-refractivity contribution in [3.05, 3.63) is 53.6 Å². The lowest BCUT2D eigenvalue weighted by atomic mass is 9.97. The first-order valence-electron chi connectivity index (χ1n) is 5.41. The van der Waals surface area contributed by atoms with E-state index in [-0.39, 0.29) is 6.04 Å². The Labute approximate surface area is 133 Å². The Hall–Kier alpha value is 0.130. The second kappa shape index (κ2) is 6.06. The predicted molar refractivity (Wildman–Crippen MR) is 86.8 cm³/mol. The molecule has 1 aromatic heterocycles. The van der Waals surface area contributed by atoms with Crippen LogP contribution in [-0.2, 0) is 0 Å². The summed E-state index contributed by atoms with van der Waals surface area (Å²) >= 11 is 14.8. The predicted octanol–water partition coefficient (Wildman–Crippen LogP) is 5.54. The highest BCUT2D eigenvalue weighted by atomic mass is 79.9. The average molecular weight is 410 g/mol. The molecule has 0 bridgehead atoms. The first kappa shape index (κ1) is 14.5. The van der Waals surface area contributed by atoms with Gasteiger partial charge in [0.15, 0.2) is 0 Å². The summed E-state index contributed by atoms with van der Waals surface area (Å²) in [5.41, 5.74) is 3.67. The molecule has 0 fully saturated rings. The fourth-order valence-corrected chi connectivity index (χ4v) is 5.12. The third-order valence-electron chi connectivity index (χ3n) is 2.83. The molecule has 0 aliphatic rings. The van der Waals surface area contributed by atoms with Crippen LogP contribution in [0, 0.1) is 6.92 Å². The normalized spacial score (nSPS) is 12.7. The molecule has 0 aliphatic heterocycles. The van der Waals surface area contributed by atoms with E-state index in [1.165, 1.54) is 16.7 Å². The quantitative estimate of drug-likeness (QED) is 0.701. The van der Waals surface area contributed by atoms with Crippen LogP contribution in [0.4, 0.5) is 0 Å². The molecule has 1 atom stereocenters. The highest BCUT2D eigenvalue weighted by molar-refractivity contribution is 9.12. The minimum absolute atomic E-state index is 0.166. The fourth-order valence-electron chi connectivity index (χ4n) is 1.99. The van der Waals surface area contributed by atoms with Crippen LogP contribution in [-0.4, -0.2) is 7.05 Å². The molecule has 2 rings (SSSR count). The molecule has 0 saturated heterocycles. The molecule has 0 amide bonds. The third-order valence-corrected chi connectivity index (χ3v) is 5.45. The smallest absolute Gasteiger partial charge is 0.0761 e. The first-order chi connectivity index (χ1) is 8.52. The van der Waals surface area contributed by atoms with Crippen molar-refractivity contribution in [1.82, 2.24) is 5.32 Å². The highest BCUT2D eigenvalue weighted by Crippen LogP contribution is 2.38. The minimum atomic E-state index is 0.166. The second-order valence-corrected chi connectivity index (χ2v) is 8.19.